The summed E-state index contributed by atoms with van der Waals surface area (Å²) in [4.78, 5) is 20.8. The average Bonchev–Trinajstić information content (AvgIpc) is 2.35. The first-order valence-electron chi connectivity index (χ1n) is 6.05. The van der Waals surface area contributed by atoms with E-state index < -0.39 is 17.5 Å². The van der Waals surface area contributed by atoms with E-state index in [-0.39, 0.29) is 17.5 Å². The van der Waals surface area contributed by atoms with Crippen LogP contribution in [0.15, 0.2) is 18.2 Å². The van der Waals surface area contributed by atoms with Gasteiger partial charge in [-0.3, -0.25) is 10.1 Å². The predicted molar refractivity (Wildman–Crippen MR) is 69.1 cm³/mol. The van der Waals surface area contributed by atoms with E-state index in [9.17, 15) is 14.9 Å². The second-order valence-electron chi connectivity index (χ2n) is 4.28. The molecule has 0 amide bonds. The van der Waals surface area contributed by atoms with Gasteiger partial charge in [0.25, 0.3) is 5.69 Å². The summed E-state index contributed by atoms with van der Waals surface area (Å²) in [6.07, 6.45) is 1.01. The van der Waals surface area contributed by atoms with Gasteiger partial charge in [-0.2, -0.15) is 0 Å². The maximum Gasteiger partial charge on any atom is 0.341 e. The van der Waals surface area contributed by atoms with E-state index in [2.05, 4.69) is 5.32 Å². The zero-order valence-corrected chi connectivity index (χ0v) is 10.6. The van der Waals surface area contributed by atoms with Gasteiger partial charge in [0.2, 0.25) is 0 Å². The zero-order valence-electron chi connectivity index (χ0n) is 10.6. The highest BCUT2D eigenvalue weighted by molar-refractivity contribution is 5.69. The van der Waals surface area contributed by atoms with Gasteiger partial charge in [-0.25, -0.2) is 4.79 Å². The fourth-order valence-electron chi connectivity index (χ4n) is 1.72. The number of benzene rings is 1. The minimum Gasteiger partial charge on any atom is -0.482 e. The van der Waals surface area contributed by atoms with Crippen molar-refractivity contribution in [2.45, 2.75) is 12.5 Å². The Hall–Kier alpha value is -2.35. The molecular weight excluding hydrogens is 268 g/mol. The number of nitro groups is 1. The molecule has 1 aromatic rings. The number of rotatable bonds is 7. The molecule has 0 aliphatic carbocycles. The van der Waals surface area contributed by atoms with E-state index in [0.717, 1.165) is 13.0 Å². The number of nitrogens with zero attached hydrogens (tertiary/aromatic N) is 1. The number of anilines is 1. The molecule has 0 spiro atoms. The highest BCUT2D eigenvalue weighted by Gasteiger charge is 2.20. The first kappa shape index (κ1) is 14.1. The molecule has 2 N–H and O–H groups in total. The summed E-state index contributed by atoms with van der Waals surface area (Å²) in [6, 6.07) is 4.18. The van der Waals surface area contributed by atoms with Crippen molar-refractivity contribution in [1.29, 1.82) is 0 Å². The summed E-state index contributed by atoms with van der Waals surface area (Å²) in [5.74, 6) is -0.999. The Morgan fingerprint density at radius 1 is 1.60 bits per heavy atom. The normalized spacial score (nSPS) is 17.1. The van der Waals surface area contributed by atoms with Crippen molar-refractivity contribution >= 4 is 17.3 Å². The molecule has 1 aliphatic rings. The molecule has 0 saturated carbocycles. The lowest BCUT2D eigenvalue weighted by atomic mass is 10.2. The van der Waals surface area contributed by atoms with Crippen LogP contribution in [0.2, 0.25) is 0 Å². The highest BCUT2D eigenvalue weighted by atomic mass is 16.6. The molecule has 8 nitrogen and oxygen atoms in total. The molecule has 1 aromatic carbocycles. The Bertz CT molecular complexity index is 515. The molecule has 1 fully saturated rings. The first-order chi connectivity index (χ1) is 9.56. The van der Waals surface area contributed by atoms with Crippen molar-refractivity contribution < 1.29 is 24.3 Å². The molecule has 0 aromatic heterocycles. The van der Waals surface area contributed by atoms with E-state index in [1.54, 1.807) is 0 Å². The van der Waals surface area contributed by atoms with Gasteiger partial charge in [0, 0.05) is 13.2 Å². The van der Waals surface area contributed by atoms with Crippen LogP contribution in [0, 0.1) is 10.1 Å². The minimum absolute atomic E-state index is 0.0811. The summed E-state index contributed by atoms with van der Waals surface area (Å²) in [5.41, 5.74) is 0.195. The quantitative estimate of drug-likeness (QED) is 0.572. The molecule has 2 rings (SSSR count). The number of nitro benzene ring substituents is 1. The van der Waals surface area contributed by atoms with Crippen LogP contribution in [-0.4, -0.2) is 41.9 Å². The van der Waals surface area contributed by atoms with Crippen LogP contribution >= 0.6 is 0 Å². The fourth-order valence-corrected chi connectivity index (χ4v) is 1.72. The molecule has 20 heavy (non-hydrogen) atoms. The van der Waals surface area contributed by atoms with Crippen molar-refractivity contribution in [2.75, 3.05) is 25.1 Å². The van der Waals surface area contributed by atoms with Gasteiger partial charge in [-0.1, -0.05) is 0 Å². The summed E-state index contributed by atoms with van der Waals surface area (Å²) >= 11 is 0. The van der Waals surface area contributed by atoms with Crippen LogP contribution in [0.3, 0.4) is 0 Å². The third kappa shape index (κ3) is 3.58. The number of aliphatic carboxylic acids is 1. The van der Waals surface area contributed by atoms with Crippen molar-refractivity contribution in [3.8, 4) is 5.75 Å². The molecule has 108 valence electrons. The van der Waals surface area contributed by atoms with Crippen LogP contribution in [-0.2, 0) is 9.53 Å². The molecular formula is C12H14N2O6. The van der Waals surface area contributed by atoms with Crippen molar-refractivity contribution in [3.05, 3.63) is 28.3 Å². The van der Waals surface area contributed by atoms with Gasteiger partial charge in [-0.15, -0.1) is 0 Å². The van der Waals surface area contributed by atoms with Gasteiger partial charge < -0.3 is 19.9 Å². The topological polar surface area (TPSA) is 111 Å². The van der Waals surface area contributed by atoms with Crippen LogP contribution in [0.5, 0.6) is 5.75 Å². The minimum atomic E-state index is -1.14. The van der Waals surface area contributed by atoms with E-state index in [1.165, 1.54) is 18.2 Å². The highest BCUT2D eigenvalue weighted by Crippen LogP contribution is 2.29. The third-order valence-electron chi connectivity index (χ3n) is 2.84. The molecule has 1 saturated heterocycles. The summed E-state index contributed by atoms with van der Waals surface area (Å²) < 4.78 is 10.1. The lowest BCUT2D eigenvalue weighted by Crippen LogP contribution is -2.33. The van der Waals surface area contributed by atoms with Crippen LogP contribution in [0.25, 0.3) is 0 Å². The van der Waals surface area contributed by atoms with Crippen molar-refractivity contribution in [2.24, 2.45) is 0 Å². The molecule has 1 atom stereocenters. The van der Waals surface area contributed by atoms with Crippen molar-refractivity contribution in [3.63, 3.8) is 0 Å². The number of hydrogen-bond acceptors (Lipinski definition) is 6. The predicted octanol–water partition coefficient (Wildman–Crippen LogP) is 1.26. The van der Waals surface area contributed by atoms with Crippen LogP contribution in [0.1, 0.15) is 6.42 Å². The number of nitrogens with one attached hydrogen (secondary N) is 1. The maximum atomic E-state index is 11.0. The van der Waals surface area contributed by atoms with Crippen LogP contribution in [0.4, 0.5) is 11.4 Å². The number of carboxylic acids is 1. The van der Waals surface area contributed by atoms with Gasteiger partial charge in [-0.05, 0) is 18.6 Å². The van der Waals surface area contributed by atoms with Crippen LogP contribution < -0.4 is 10.1 Å². The Labute approximate surface area is 114 Å². The molecule has 1 unspecified atom stereocenters. The lowest BCUT2D eigenvalue weighted by Gasteiger charge is -2.26. The standard InChI is InChI=1S/C12H14N2O6/c15-12(16)7-20-8-1-2-10(11(5-8)14(17)18)13-6-9-3-4-19-9/h1-2,5,9,13H,3-4,6-7H2,(H,15,16). The summed E-state index contributed by atoms with van der Waals surface area (Å²) in [6.45, 7) is 0.673. The Kier molecular flexibility index (Phi) is 4.36. The van der Waals surface area contributed by atoms with Gasteiger partial charge >= 0.3 is 5.97 Å². The Morgan fingerprint density at radius 3 is 2.90 bits per heavy atom. The molecule has 8 heteroatoms. The number of ether oxygens (including phenoxy) is 2. The number of carboxylic acid groups (broad SMARTS) is 1. The molecule has 1 heterocycles. The zero-order chi connectivity index (χ0) is 14.5. The van der Waals surface area contributed by atoms with Gasteiger partial charge in [0.15, 0.2) is 6.61 Å². The van der Waals surface area contributed by atoms with Gasteiger partial charge in [0.05, 0.1) is 17.1 Å². The SMILES string of the molecule is O=C(O)COc1ccc(NCC2CCO2)c([N+](=O)[O-])c1. The van der Waals surface area contributed by atoms with Gasteiger partial charge in [0.1, 0.15) is 11.4 Å². The average molecular weight is 282 g/mol. The Balaban J connectivity index is 2.06. The van der Waals surface area contributed by atoms with E-state index in [1.807, 2.05) is 0 Å². The smallest absolute Gasteiger partial charge is 0.341 e. The van der Waals surface area contributed by atoms with E-state index in [4.69, 9.17) is 14.6 Å². The Morgan fingerprint density at radius 2 is 2.35 bits per heavy atom. The maximum absolute atomic E-state index is 11.0. The third-order valence-corrected chi connectivity index (χ3v) is 2.84. The molecule has 1 aliphatic heterocycles. The van der Waals surface area contributed by atoms with E-state index >= 15 is 0 Å². The fraction of sp³-hybridized carbons (Fsp3) is 0.417. The number of carbonyl (C=O) groups is 1. The second-order valence-corrected chi connectivity index (χ2v) is 4.28. The second kappa shape index (κ2) is 6.20. The first-order valence-corrected chi connectivity index (χ1v) is 6.05. The summed E-state index contributed by atoms with van der Waals surface area (Å²) in [7, 11) is 0. The monoisotopic (exact) mass is 282 g/mol. The lowest BCUT2D eigenvalue weighted by molar-refractivity contribution is -0.384. The molecule has 0 bridgehead atoms. The van der Waals surface area contributed by atoms with E-state index in [0.29, 0.717) is 12.2 Å². The largest absolute Gasteiger partial charge is 0.482 e. The molecule has 0 radical (unpaired) electrons. The van der Waals surface area contributed by atoms with Crippen molar-refractivity contribution in [1.82, 2.24) is 0 Å². The summed E-state index contributed by atoms with van der Waals surface area (Å²) in [5, 5.41) is 22.5. The number of hydrogen-bond donors (Lipinski definition) is 2.